The fraction of sp³-hybridized carbons (Fsp3) is 0.273. The van der Waals surface area contributed by atoms with E-state index in [9.17, 15) is 4.39 Å². The van der Waals surface area contributed by atoms with Crippen molar-refractivity contribution in [3.63, 3.8) is 0 Å². The van der Waals surface area contributed by atoms with E-state index < -0.39 is 0 Å². The van der Waals surface area contributed by atoms with Crippen molar-refractivity contribution in [2.45, 2.75) is 20.8 Å². The van der Waals surface area contributed by atoms with Crippen molar-refractivity contribution in [3.8, 4) is 0 Å². The molecule has 0 aliphatic heterocycles. The topological polar surface area (TPSA) is 0 Å². The highest BCUT2D eigenvalue weighted by atomic mass is 19.1. The van der Waals surface area contributed by atoms with E-state index >= 15 is 0 Å². The van der Waals surface area contributed by atoms with Crippen LogP contribution in [-0.2, 0) is 0 Å². The Morgan fingerprint density at radius 1 is 1.33 bits per heavy atom. The first-order valence-corrected chi connectivity index (χ1v) is 3.95. The van der Waals surface area contributed by atoms with Gasteiger partial charge in [-0.2, -0.15) is 0 Å². The van der Waals surface area contributed by atoms with Gasteiger partial charge in [0.25, 0.3) is 0 Å². The van der Waals surface area contributed by atoms with Gasteiger partial charge in [-0.1, -0.05) is 18.2 Å². The highest BCUT2D eigenvalue weighted by molar-refractivity contribution is 5.63. The molecule has 0 aliphatic rings. The Morgan fingerprint density at radius 2 is 1.92 bits per heavy atom. The predicted octanol–water partition coefficient (Wildman–Crippen LogP) is 3.48. The Hall–Kier alpha value is -1.11. The molecular formula is C11H13F. The number of benzene rings is 1. The molecule has 1 heteroatoms. The van der Waals surface area contributed by atoms with E-state index in [1.54, 1.807) is 6.92 Å². The van der Waals surface area contributed by atoms with Gasteiger partial charge in [-0.15, -0.1) is 0 Å². The third kappa shape index (κ3) is 1.55. The van der Waals surface area contributed by atoms with Gasteiger partial charge in [0.15, 0.2) is 0 Å². The Morgan fingerprint density at radius 3 is 2.42 bits per heavy atom. The molecule has 0 heterocycles. The van der Waals surface area contributed by atoms with Crippen molar-refractivity contribution in [3.05, 3.63) is 41.2 Å². The van der Waals surface area contributed by atoms with Gasteiger partial charge in [0.1, 0.15) is 5.82 Å². The lowest BCUT2D eigenvalue weighted by Crippen LogP contribution is -1.91. The monoisotopic (exact) mass is 164 g/mol. The maximum Gasteiger partial charge on any atom is 0.133 e. The van der Waals surface area contributed by atoms with Crippen LogP contribution in [0.25, 0.3) is 5.57 Å². The fourth-order valence-electron chi connectivity index (χ4n) is 1.26. The lowest BCUT2D eigenvalue weighted by Gasteiger charge is -2.06. The standard InChI is InChI=1S/C11H13F/c1-7(2)10-6-8(3)5-9(4)11(10)12/h5-6H,1H2,2-4H3. The van der Waals surface area contributed by atoms with Gasteiger partial charge in [-0.3, -0.25) is 0 Å². The molecule has 0 spiro atoms. The second-order valence-electron chi connectivity index (χ2n) is 3.22. The van der Waals surface area contributed by atoms with Gasteiger partial charge in [0.05, 0.1) is 0 Å². The molecule has 0 nitrogen and oxygen atoms in total. The summed E-state index contributed by atoms with van der Waals surface area (Å²) in [6.45, 7) is 9.28. The van der Waals surface area contributed by atoms with E-state index in [1.807, 2.05) is 26.0 Å². The second-order valence-corrected chi connectivity index (χ2v) is 3.22. The van der Waals surface area contributed by atoms with Gasteiger partial charge in [-0.05, 0) is 38.0 Å². The van der Waals surface area contributed by atoms with Crippen molar-refractivity contribution < 1.29 is 4.39 Å². The molecule has 0 saturated heterocycles. The van der Waals surface area contributed by atoms with Crippen LogP contribution in [0.15, 0.2) is 18.7 Å². The van der Waals surface area contributed by atoms with E-state index in [4.69, 9.17) is 0 Å². The van der Waals surface area contributed by atoms with Gasteiger partial charge < -0.3 is 0 Å². The lowest BCUT2D eigenvalue weighted by molar-refractivity contribution is 0.614. The molecule has 1 rings (SSSR count). The van der Waals surface area contributed by atoms with Crippen LogP contribution >= 0.6 is 0 Å². The average Bonchev–Trinajstić information content (AvgIpc) is 1.96. The summed E-state index contributed by atoms with van der Waals surface area (Å²) in [6, 6.07) is 3.66. The number of allylic oxidation sites excluding steroid dienone is 1. The molecule has 0 saturated carbocycles. The molecule has 0 radical (unpaired) electrons. The van der Waals surface area contributed by atoms with Crippen LogP contribution in [0.4, 0.5) is 4.39 Å². The van der Waals surface area contributed by atoms with Crippen LogP contribution in [0.2, 0.25) is 0 Å². The molecule has 1 aromatic carbocycles. The van der Waals surface area contributed by atoms with Crippen molar-refractivity contribution in [2.24, 2.45) is 0 Å². The van der Waals surface area contributed by atoms with Crippen molar-refractivity contribution in [1.82, 2.24) is 0 Å². The summed E-state index contributed by atoms with van der Waals surface area (Å²) in [7, 11) is 0. The minimum absolute atomic E-state index is 0.145. The average molecular weight is 164 g/mol. The summed E-state index contributed by atoms with van der Waals surface area (Å²) in [5, 5.41) is 0. The first-order chi connectivity index (χ1) is 5.52. The number of hydrogen-bond donors (Lipinski definition) is 0. The van der Waals surface area contributed by atoms with Crippen LogP contribution in [0.5, 0.6) is 0 Å². The van der Waals surface area contributed by atoms with E-state index in [1.165, 1.54) is 0 Å². The fourth-order valence-corrected chi connectivity index (χ4v) is 1.26. The Bertz CT molecular complexity index is 324. The molecule has 0 amide bonds. The maximum atomic E-state index is 13.4. The molecule has 0 N–H and O–H groups in total. The van der Waals surface area contributed by atoms with E-state index in [-0.39, 0.29) is 5.82 Å². The maximum absolute atomic E-state index is 13.4. The number of rotatable bonds is 1. The minimum Gasteiger partial charge on any atom is -0.206 e. The molecule has 0 aromatic heterocycles. The summed E-state index contributed by atoms with van der Waals surface area (Å²) < 4.78 is 13.4. The highest BCUT2D eigenvalue weighted by Crippen LogP contribution is 2.20. The molecule has 12 heavy (non-hydrogen) atoms. The summed E-state index contributed by atoms with van der Waals surface area (Å²) in [5.74, 6) is -0.145. The normalized spacial score (nSPS) is 10.0. The van der Waals surface area contributed by atoms with Crippen molar-refractivity contribution in [2.75, 3.05) is 0 Å². The number of halogens is 1. The third-order valence-corrected chi connectivity index (χ3v) is 1.86. The van der Waals surface area contributed by atoms with E-state index in [0.29, 0.717) is 11.1 Å². The lowest BCUT2D eigenvalue weighted by atomic mass is 10.0. The zero-order valence-corrected chi connectivity index (χ0v) is 7.74. The van der Waals surface area contributed by atoms with Crippen molar-refractivity contribution >= 4 is 5.57 Å². The summed E-state index contributed by atoms with van der Waals surface area (Å²) in [6.07, 6.45) is 0. The molecule has 1 aromatic rings. The Kier molecular flexibility index (Phi) is 2.32. The van der Waals surface area contributed by atoms with Crippen molar-refractivity contribution in [1.29, 1.82) is 0 Å². The molecule has 64 valence electrons. The molecule has 0 fully saturated rings. The van der Waals surface area contributed by atoms with Crippen LogP contribution in [0.3, 0.4) is 0 Å². The summed E-state index contributed by atoms with van der Waals surface area (Å²) >= 11 is 0. The third-order valence-electron chi connectivity index (χ3n) is 1.86. The van der Waals surface area contributed by atoms with Crippen LogP contribution in [0, 0.1) is 19.7 Å². The quantitative estimate of drug-likeness (QED) is 0.596. The van der Waals surface area contributed by atoms with Crippen LogP contribution < -0.4 is 0 Å². The van der Waals surface area contributed by atoms with Gasteiger partial charge in [0.2, 0.25) is 0 Å². The molecule has 0 atom stereocenters. The van der Waals surface area contributed by atoms with E-state index in [2.05, 4.69) is 6.58 Å². The first-order valence-electron chi connectivity index (χ1n) is 3.95. The summed E-state index contributed by atoms with van der Waals surface area (Å²) in [4.78, 5) is 0. The van der Waals surface area contributed by atoms with Gasteiger partial charge >= 0.3 is 0 Å². The molecule has 0 bridgehead atoms. The Labute approximate surface area is 72.7 Å². The zero-order chi connectivity index (χ0) is 9.30. The summed E-state index contributed by atoms with van der Waals surface area (Å²) in [5.41, 5.74) is 3.17. The first kappa shape index (κ1) is 8.98. The number of aryl methyl sites for hydroxylation is 2. The second kappa shape index (κ2) is 3.10. The minimum atomic E-state index is -0.145. The van der Waals surface area contributed by atoms with Gasteiger partial charge in [-0.25, -0.2) is 4.39 Å². The highest BCUT2D eigenvalue weighted by Gasteiger charge is 2.05. The molecule has 0 aliphatic carbocycles. The SMILES string of the molecule is C=C(C)c1cc(C)cc(C)c1F. The van der Waals surface area contributed by atoms with E-state index in [0.717, 1.165) is 11.1 Å². The predicted molar refractivity (Wildman–Crippen MR) is 50.6 cm³/mol. The van der Waals surface area contributed by atoms with Crippen LogP contribution in [0.1, 0.15) is 23.6 Å². The largest absolute Gasteiger partial charge is 0.206 e. The zero-order valence-electron chi connectivity index (χ0n) is 7.74. The Balaban J connectivity index is 3.37. The van der Waals surface area contributed by atoms with Gasteiger partial charge in [0, 0.05) is 5.56 Å². The number of hydrogen-bond acceptors (Lipinski definition) is 0. The molecule has 0 unspecified atom stereocenters. The molecular weight excluding hydrogens is 151 g/mol. The van der Waals surface area contributed by atoms with Crippen LogP contribution in [-0.4, -0.2) is 0 Å². The smallest absolute Gasteiger partial charge is 0.133 e.